The summed E-state index contributed by atoms with van der Waals surface area (Å²) in [6, 6.07) is 13.6. The van der Waals surface area contributed by atoms with Crippen molar-refractivity contribution in [2.24, 2.45) is 0 Å². The van der Waals surface area contributed by atoms with Crippen LogP contribution < -0.4 is 0 Å². The molecule has 0 nitrogen and oxygen atoms in total. The standard InChI is InChI=1S/C15H12/c1-9-12-6-2-4-10-8-11-5-3-7-13(9)15(11)14(10)12/h2-7,9H,8H2,1H3. The number of benzene rings is 2. The molecule has 4 rings (SSSR count). The highest BCUT2D eigenvalue weighted by atomic mass is 14.4. The smallest absolute Gasteiger partial charge is 0.00735 e. The van der Waals surface area contributed by atoms with Gasteiger partial charge in [0, 0.05) is 5.92 Å². The lowest BCUT2D eigenvalue weighted by Crippen LogP contribution is -1.93. The number of hydrogen-bond donors (Lipinski definition) is 0. The summed E-state index contributed by atoms with van der Waals surface area (Å²) in [7, 11) is 0. The zero-order valence-electron chi connectivity index (χ0n) is 8.75. The lowest BCUT2D eigenvalue weighted by molar-refractivity contribution is 0.948. The minimum Gasteiger partial charge on any atom is -0.0616 e. The SMILES string of the molecule is CC1c2cccc3c2-c2c(cccc21)C3. The van der Waals surface area contributed by atoms with E-state index in [1.54, 1.807) is 11.1 Å². The fourth-order valence-electron chi connectivity index (χ4n) is 3.24. The van der Waals surface area contributed by atoms with Crippen LogP contribution in [-0.2, 0) is 6.42 Å². The van der Waals surface area contributed by atoms with Crippen LogP contribution in [0, 0.1) is 0 Å². The second kappa shape index (κ2) is 2.33. The molecule has 0 unspecified atom stereocenters. The van der Waals surface area contributed by atoms with E-state index >= 15 is 0 Å². The van der Waals surface area contributed by atoms with E-state index in [4.69, 9.17) is 0 Å². The molecule has 0 bridgehead atoms. The molecule has 72 valence electrons. The van der Waals surface area contributed by atoms with Gasteiger partial charge >= 0.3 is 0 Å². The van der Waals surface area contributed by atoms with E-state index < -0.39 is 0 Å². The maximum Gasteiger partial charge on any atom is 0.00735 e. The van der Waals surface area contributed by atoms with Gasteiger partial charge in [0.05, 0.1) is 0 Å². The summed E-state index contributed by atoms with van der Waals surface area (Å²) in [5, 5.41) is 0. The topological polar surface area (TPSA) is 0 Å². The molecule has 0 radical (unpaired) electrons. The van der Waals surface area contributed by atoms with Crippen molar-refractivity contribution in [1.82, 2.24) is 0 Å². The van der Waals surface area contributed by atoms with Gasteiger partial charge in [0.2, 0.25) is 0 Å². The summed E-state index contributed by atoms with van der Waals surface area (Å²) >= 11 is 0. The molecule has 2 aliphatic carbocycles. The normalized spacial score (nSPS) is 15.8. The Morgan fingerprint density at radius 1 is 0.867 bits per heavy atom. The highest BCUT2D eigenvalue weighted by molar-refractivity contribution is 5.87. The average molecular weight is 192 g/mol. The molecule has 0 N–H and O–H groups in total. The molecule has 0 aliphatic heterocycles. The zero-order valence-corrected chi connectivity index (χ0v) is 8.75. The molecule has 2 aromatic rings. The second-order valence-electron chi connectivity index (χ2n) is 4.66. The Morgan fingerprint density at radius 2 is 1.40 bits per heavy atom. The van der Waals surface area contributed by atoms with Crippen molar-refractivity contribution in [3.8, 4) is 11.1 Å². The van der Waals surface area contributed by atoms with Crippen LogP contribution >= 0.6 is 0 Å². The van der Waals surface area contributed by atoms with E-state index in [0.717, 1.165) is 6.42 Å². The third-order valence-electron chi connectivity index (χ3n) is 3.93. The fourth-order valence-corrected chi connectivity index (χ4v) is 3.24. The second-order valence-corrected chi connectivity index (χ2v) is 4.66. The molecular weight excluding hydrogens is 180 g/mol. The molecule has 0 heterocycles. The van der Waals surface area contributed by atoms with E-state index in [0.29, 0.717) is 5.92 Å². The quantitative estimate of drug-likeness (QED) is 0.509. The molecule has 2 aromatic carbocycles. The minimum absolute atomic E-state index is 0.593. The van der Waals surface area contributed by atoms with Crippen LogP contribution in [0.2, 0.25) is 0 Å². The third kappa shape index (κ3) is 0.753. The predicted octanol–water partition coefficient (Wildman–Crippen LogP) is 3.72. The van der Waals surface area contributed by atoms with Crippen molar-refractivity contribution in [2.75, 3.05) is 0 Å². The Hall–Kier alpha value is -1.56. The van der Waals surface area contributed by atoms with Gasteiger partial charge in [-0.05, 0) is 39.8 Å². The molecule has 2 aliphatic rings. The first-order chi connectivity index (χ1) is 7.36. The van der Waals surface area contributed by atoms with Gasteiger partial charge < -0.3 is 0 Å². The summed E-state index contributed by atoms with van der Waals surface area (Å²) in [6.07, 6.45) is 1.14. The molecule has 0 spiro atoms. The summed E-state index contributed by atoms with van der Waals surface area (Å²) in [4.78, 5) is 0. The molecule has 0 fully saturated rings. The highest BCUT2D eigenvalue weighted by Crippen LogP contribution is 2.51. The number of rotatable bonds is 0. The Labute approximate surface area is 89.6 Å². The van der Waals surface area contributed by atoms with Gasteiger partial charge in [-0.25, -0.2) is 0 Å². The summed E-state index contributed by atoms with van der Waals surface area (Å²) in [5.74, 6) is 0.593. The molecule has 0 saturated carbocycles. The Bertz CT molecular complexity index is 527. The first-order valence-electron chi connectivity index (χ1n) is 5.60. The molecule has 0 atom stereocenters. The Morgan fingerprint density at radius 3 is 1.93 bits per heavy atom. The van der Waals surface area contributed by atoms with Gasteiger partial charge in [0.15, 0.2) is 0 Å². The van der Waals surface area contributed by atoms with Crippen LogP contribution in [0.15, 0.2) is 36.4 Å². The molecule has 0 heteroatoms. The van der Waals surface area contributed by atoms with Crippen molar-refractivity contribution in [3.63, 3.8) is 0 Å². The third-order valence-corrected chi connectivity index (χ3v) is 3.93. The van der Waals surface area contributed by atoms with Gasteiger partial charge in [-0.1, -0.05) is 43.3 Å². The van der Waals surface area contributed by atoms with Crippen molar-refractivity contribution in [1.29, 1.82) is 0 Å². The van der Waals surface area contributed by atoms with E-state index in [1.165, 1.54) is 22.3 Å². The van der Waals surface area contributed by atoms with E-state index in [9.17, 15) is 0 Å². The first kappa shape index (κ1) is 7.70. The molecule has 0 amide bonds. The van der Waals surface area contributed by atoms with Gasteiger partial charge in [0.1, 0.15) is 0 Å². The first-order valence-corrected chi connectivity index (χ1v) is 5.60. The van der Waals surface area contributed by atoms with Gasteiger partial charge in [-0.3, -0.25) is 0 Å². The maximum absolute atomic E-state index is 2.32. The van der Waals surface area contributed by atoms with Crippen molar-refractivity contribution >= 4 is 0 Å². The van der Waals surface area contributed by atoms with Gasteiger partial charge in [0.25, 0.3) is 0 Å². The van der Waals surface area contributed by atoms with Crippen molar-refractivity contribution in [2.45, 2.75) is 19.3 Å². The van der Waals surface area contributed by atoms with Crippen LogP contribution in [0.25, 0.3) is 11.1 Å². The summed E-state index contributed by atoms with van der Waals surface area (Å²) < 4.78 is 0. The average Bonchev–Trinajstić information content (AvgIpc) is 2.77. The maximum atomic E-state index is 2.32. The highest BCUT2D eigenvalue weighted by Gasteiger charge is 2.32. The van der Waals surface area contributed by atoms with Crippen LogP contribution in [-0.4, -0.2) is 0 Å². The predicted molar refractivity (Wildman–Crippen MR) is 62.2 cm³/mol. The van der Waals surface area contributed by atoms with Crippen molar-refractivity contribution in [3.05, 3.63) is 58.7 Å². The summed E-state index contributed by atoms with van der Waals surface area (Å²) in [5.41, 5.74) is 9.23. The lowest BCUT2D eigenvalue weighted by Gasteiger charge is -2.09. The fraction of sp³-hybridized carbons (Fsp3) is 0.200. The van der Waals surface area contributed by atoms with Gasteiger partial charge in [-0.15, -0.1) is 0 Å². The molecule has 15 heavy (non-hydrogen) atoms. The Kier molecular flexibility index (Phi) is 1.19. The van der Waals surface area contributed by atoms with Gasteiger partial charge in [-0.2, -0.15) is 0 Å². The minimum atomic E-state index is 0.593. The van der Waals surface area contributed by atoms with Crippen LogP contribution in [0.4, 0.5) is 0 Å². The number of hydrogen-bond acceptors (Lipinski definition) is 0. The largest absolute Gasteiger partial charge is 0.0616 e. The molecular formula is C15H12. The van der Waals surface area contributed by atoms with Crippen LogP contribution in [0.3, 0.4) is 0 Å². The summed E-state index contributed by atoms with van der Waals surface area (Å²) in [6.45, 7) is 2.32. The molecule has 0 saturated heterocycles. The van der Waals surface area contributed by atoms with E-state index in [1.807, 2.05) is 0 Å². The van der Waals surface area contributed by atoms with Crippen LogP contribution in [0.1, 0.15) is 35.1 Å². The van der Waals surface area contributed by atoms with Crippen LogP contribution in [0.5, 0.6) is 0 Å². The van der Waals surface area contributed by atoms with E-state index in [-0.39, 0.29) is 0 Å². The van der Waals surface area contributed by atoms with Crippen molar-refractivity contribution < 1.29 is 0 Å². The zero-order chi connectivity index (χ0) is 9.99. The lowest BCUT2D eigenvalue weighted by atomic mass is 9.95. The monoisotopic (exact) mass is 192 g/mol. The molecule has 0 aromatic heterocycles. The van der Waals surface area contributed by atoms with E-state index in [2.05, 4.69) is 43.3 Å². The Balaban J connectivity index is 2.23.